The molecule has 4 heteroatoms. The lowest BCUT2D eigenvalue weighted by atomic mass is 9.97. The van der Waals surface area contributed by atoms with E-state index < -0.39 is 0 Å². The highest BCUT2D eigenvalue weighted by molar-refractivity contribution is 5.40. The number of aryl methyl sites for hydroxylation is 1. The van der Waals surface area contributed by atoms with Crippen molar-refractivity contribution in [2.24, 2.45) is 0 Å². The van der Waals surface area contributed by atoms with E-state index in [0.717, 1.165) is 18.5 Å². The van der Waals surface area contributed by atoms with Crippen LogP contribution in [0.4, 0.5) is 10.2 Å². The molecule has 1 aromatic carbocycles. The van der Waals surface area contributed by atoms with Gasteiger partial charge < -0.3 is 11.1 Å². The van der Waals surface area contributed by atoms with E-state index in [9.17, 15) is 4.39 Å². The van der Waals surface area contributed by atoms with Crippen molar-refractivity contribution < 1.29 is 4.39 Å². The lowest BCUT2D eigenvalue weighted by Crippen LogP contribution is -2.25. The van der Waals surface area contributed by atoms with Gasteiger partial charge in [0.15, 0.2) is 0 Å². The molecule has 1 aromatic heterocycles. The van der Waals surface area contributed by atoms with Crippen LogP contribution in [0.3, 0.4) is 0 Å². The van der Waals surface area contributed by atoms with Gasteiger partial charge in [0.05, 0.1) is 0 Å². The number of benzene rings is 1. The number of nitrogens with two attached hydrogens (primary N) is 1. The number of aromatic nitrogens is 1. The monoisotopic (exact) mass is 287 g/mol. The molecule has 0 saturated carbocycles. The summed E-state index contributed by atoms with van der Waals surface area (Å²) in [5.41, 5.74) is 8.20. The molecule has 0 aliphatic heterocycles. The first-order valence-corrected chi connectivity index (χ1v) is 7.31. The number of anilines is 1. The molecular formula is C17H22FN3. The van der Waals surface area contributed by atoms with E-state index in [1.807, 2.05) is 24.3 Å². The number of rotatable bonds is 6. The van der Waals surface area contributed by atoms with Crippen molar-refractivity contribution in [3.63, 3.8) is 0 Å². The first-order chi connectivity index (χ1) is 10.1. The molecule has 0 aliphatic carbocycles. The van der Waals surface area contributed by atoms with Crippen LogP contribution in [0.1, 0.15) is 36.1 Å². The fraction of sp³-hybridized carbons (Fsp3) is 0.353. The van der Waals surface area contributed by atoms with Crippen molar-refractivity contribution in [1.82, 2.24) is 10.3 Å². The average Bonchev–Trinajstić information content (AvgIpc) is 2.48. The normalized spacial score (nSPS) is 12.3. The highest BCUT2D eigenvalue weighted by atomic mass is 19.1. The third-order valence-corrected chi connectivity index (χ3v) is 3.59. The van der Waals surface area contributed by atoms with Crippen LogP contribution in [0.2, 0.25) is 0 Å². The summed E-state index contributed by atoms with van der Waals surface area (Å²) >= 11 is 0. The van der Waals surface area contributed by atoms with Gasteiger partial charge >= 0.3 is 0 Å². The Morgan fingerprint density at radius 3 is 2.81 bits per heavy atom. The van der Waals surface area contributed by atoms with Crippen molar-refractivity contribution >= 4 is 5.82 Å². The van der Waals surface area contributed by atoms with Gasteiger partial charge in [0.2, 0.25) is 0 Å². The summed E-state index contributed by atoms with van der Waals surface area (Å²) in [5, 5.41) is 3.41. The summed E-state index contributed by atoms with van der Waals surface area (Å²) < 4.78 is 14.4. The zero-order chi connectivity index (χ0) is 15.2. The maximum Gasteiger partial charge on any atom is 0.130 e. The van der Waals surface area contributed by atoms with Crippen LogP contribution in [0.15, 0.2) is 36.5 Å². The van der Waals surface area contributed by atoms with Gasteiger partial charge in [0.25, 0.3) is 0 Å². The van der Waals surface area contributed by atoms with Gasteiger partial charge in [-0.1, -0.05) is 31.2 Å². The van der Waals surface area contributed by atoms with E-state index in [0.29, 0.717) is 23.4 Å². The Kier molecular flexibility index (Phi) is 5.28. The van der Waals surface area contributed by atoms with Crippen molar-refractivity contribution in [2.75, 3.05) is 12.3 Å². The fourth-order valence-electron chi connectivity index (χ4n) is 2.39. The number of nitrogens with zero attached hydrogens (tertiary/aromatic N) is 1. The molecule has 112 valence electrons. The Morgan fingerprint density at radius 2 is 2.10 bits per heavy atom. The van der Waals surface area contributed by atoms with Gasteiger partial charge in [-0.3, -0.25) is 0 Å². The van der Waals surface area contributed by atoms with Crippen LogP contribution >= 0.6 is 0 Å². The third kappa shape index (κ3) is 3.79. The Labute approximate surface area is 125 Å². The number of nitrogens with one attached hydrogen (secondary N) is 1. The van der Waals surface area contributed by atoms with Gasteiger partial charge in [0.1, 0.15) is 11.6 Å². The first kappa shape index (κ1) is 15.4. The molecule has 2 aromatic rings. The molecule has 0 saturated heterocycles. The predicted octanol–water partition coefficient (Wildman–Crippen LogP) is 3.39. The summed E-state index contributed by atoms with van der Waals surface area (Å²) in [6, 6.07) is 9.21. The average molecular weight is 287 g/mol. The Hall–Kier alpha value is -1.94. The summed E-state index contributed by atoms with van der Waals surface area (Å²) in [5.74, 6) is 0.363. The largest absolute Gasteiger partial charge is 0.383 e. The minimum absolute atomic E-state index is 0.101. The van der Waals surface area contributed by atoms with Gasteiger partial charge in [0, 0.05) is 17.8 Å². The molecule has 0 amide bonds. The number of hydrogen-bond acceptors (Lipinski definition) is 3. The standard InChI is InChI=1S/C17H22FN3/c1-3-9-20-15(11-13-7-5-10-21-17(13)19)14-8-4-6-12(2)16(14)18/h4-8,10,15,20H,3,9,11H2,1-2H3,(H2,19,21). The maximum absolute atomic E-state index is 14.4. The zero-order valence-corrected chi connectivity index (χ0v) is 12.6. The summed E-state index contributed by atoms with van der Waals surface area (Å²) in [6.45, 7) is 4.71. The van der Waals surface area contributed by atoms with E-state index >= 15 is 0 Å². The molecule has 0 fully saturated rings. The Balaban J connectivity index is 2.30. The summed E-state index contributed by atoms with van der Waals surface area (Å²) in [6.07, 6.45) is 3.28. The predicted molar refractivity (Wildman–Crippen MR) is 84.5 cm³/mol. The molecule has 1 atom stereocenters. The molecular weight excluding hydrogens is 265 g/mol. The lowest BCUT2D eigenvalue weighted by Gasteiger charge is -2.21. The molecule has 0 aliphatic rings. The molecule has 3 nitrogen and oxygen atoms in total. The zero-order valence-electron chi connectivity index (χ0n) is 12.6. The van der Waals surface area contributed by atoms with Crippen LogP contribution in [0.5, 0.6) is 0 Å². The SMILES string of the molecule is CCCNC(Cc1cccnc1N)c1cccc(C)c1F. The topological polar surface area (TPSA) is 50.9 Å². The summed E-state index contributed by atoms with van der Waals surface area (Å²) in [4.78, 5) is 4.10. The third-order valence-electron chi connectivity index (χ3n) is 3.59. The molecule has 3 N–H and O–H groups in total. The maximum atomic E-state index is 14.4. The lowest BCUT2D eigenvalue weighted by molar-refractivity contribution is 0.494. The van der Waals surface area contributed by atoms with E-state index in [4.69, 9.17) is 5.73 Å². The van der Waals surface area contributed by atoms with Crippen LogP contribution < -0.4 is 11.1 Å². The highest BCUT2D eigenvalue weighted by Gasteiger charge is 2.18. The minimum atomic E-state index is -0.145. The summed E-state index contributed by atoms with van der Waals surface area (Å²) in [7, 11) is 0. The number of pyridine rings is 1. The Morgan fingerprint density at radius 1 is 1.29 bits per heavy atom. The van der Waals surface area contributed by atoms with E-state index in [1.165, 1.54) is 0 Å². The second-order valence-corrected chi connectivity index (χ2v) is 5.24. The fourth-order valence-corrected chi connectivity index (χ4v) is 2.39. The first-order valence-electron chi connectivity index (χ1n) is 7.31. The van der Waals surface area contributed by atoms with Gasteiger partial charge in [-0.25, -0.2) is 9.37 Å². The van der Waals surface area contributed by atoms with Crippen molar-refractivity contribution in [1.29, 1.82) is 0 Å². The molecule has 1 heterocycles. The van der Waals surface area contributed by atoms with Gasteiger partial charge in [-0.2, -0.15) is 0 Å². The molecule has 0 spiro atoms. The molecule has 21 heavy (non-hydrogen) atoms. The smallest absolute Gasteiger partial charge is 0.130 e. The molecule has 0 bridgehead atoms. The number of halogens is 1. The van der Waals surface area contributed by atoms with E-state index in [1.54, 1.807) is 19.2 Å². The van der Waals surface area contributed by atoms with Crippen LogP contribution in [-0.4, -0.2) is 11.5 Å². The van der Waals surface area contributed by atoms with Crippen LogP contribution in [0, 0.1) is 12.7 Å². The highest BCUT2D eigenvalue weighted by Crippen LogP contribution is 2.24. The van der Waals surface area contributed by atoms with Gasteiger partial charge in [-0.15, -0.1) is 0 Å². The minimum Gasteiger partial charge on any atom is -0.383 e. The van der Waals surface area contributed by atoms with Crippen molar-refractivity contribution in [3.8, 4) is 0 Å². The number of nitrogen functional groups attached to an aromatic ring is 1. The van der Waals surface area contributed by atoms with E-state index in [2.05, 4.69) is 17.2 Å². The van der Waals surface area contributed by atoms with Crippen molar-refractivity contribution in [2.45, 2.75) is 32.7 Å². The quantitative estimate of drug-likeness (QED) is 0.856. The van der Waals surface area contributed by atoms with Gasteiger partial charge in [-0.05, 0) is 43.5 Å². The molecule has 1 unspecified atom stereocenters. The van der Waals surface area contributed by atoms with Crippen LogP contribution in [0.25, 0.3) is 0 Å². The second kappa shape index (κ2) is 7.18. The molecule has 0 radical (unpaired) electrons. The Bertz CT molecular complexity index is 598. The molecule has 2 rings (SSSR count). The van der Waals surface area contributed by atoms with Crippen LogP contribution in [-0.2, 0) is 6.42 Å². The van der Waals surface area contributed by atoms with E-state index in [-0.39, 0.29) is 11.9 Å². The van der Waals surface area contributed by atoms with Crippen molar-refractivity contribution in [3.05, 3.63) is 59.0 Å². The number of hydrogen-bond donors (Lipinski definition) is 2. The second-order valence-electron chi connectivity index (χ2n) is 5.24.